The lowest BCUT2D eigenvalue weighted by atomic mass is 9.78. The first-order chi connectivity index (χ1) is 20.3. The summed E-state index contributed by atoms with van der Waals surface area (Å²) in [5.74, 6) is -10.9. The molecule has 8 heteroatoms. The molecular weight excluding hydrogens is 572 g/mol. The van der Waals surface area contributed by atoms with Crippen molar-refractivity contribution in [2.45, 2.75) is 97.5 Å². The van der Waals surface area contributed by atoms with Crippen LogP contribution in [0, 0.1) is 5.41 Å². The van der Waals surface area contributed by atoms with Crippen LogP contribution in [0.25, 0.3) is 0 Å². The normalized spacial score (nSPS) is 13.0. The largest absolute Gasteiger partial charge is 0.488 e. The summed E-state index contributed by atoms with van der Waals surface area (Å²) in [6.45, 7) is 14.5. The second kappa shape index (κ2) is 12.7. The van der Waals surface area contributed by atoms with E-state index >= 15 is 17.6 Å². The number of carbonyl (C=O) groups excluding carboxylic acids is 2. The van der Waals surface area contributed by atoms with E-state index in [2.05, 4.69) is 6.92 Å². The van der Waals surface area contributed by atoms with E-state index in [1.165, 1.54) is 26.0 Å². The van der Waals surface area contributed by atoms with Crippen LogP contribution in [-0.4, -0.2) is 17.4 Å². The number of benzene rings is 3. The highest BCUT2D eigenvalue weighted by atomic mass is 19.3. The Morgan fingerprint density at radius 2 is 1.14 bits per heavy atom. The third-order valence-electron chi connectivity index (χ3n) is 8.24. The molecule has 238 valence electrons. The van der Waals surface area contributed by atoms with Gasteiger partial charge < -0.3 is 9.47 Å². The molecule has 0 radical (unpaired) electrons. The number of halogens is 4. The molecule has 44 heavy (non-hydrogen) atoms. The van der Waals surface area contributed by atoms with Crippen molar-refractivity contribution in [2.75, 3.05) is 0 Å². The SMILES string of the molecule is CCCC(C)(C)Oc1ccc(C(C)(C)c2ccc(OC(=O)C(F)(F)c3cccc(C(F)(F)C(=O)C(C)(C)CC)c3)cc2)cc1. The van der Waals surface area contributed by atoms with Gasteiger partial charge in [0, 0.05) is 22.0 Å². The van der Waals surface area contributed by atoms with E-state index in [0.717, 1.165) is 47.9 Å². The number of carbonyl (C=O) groups is 2. The van der Waals surface area contributed by atoms with Crippen LogP contribution in [0.5, 0.6) is 11.5 Å². The van der Waals surface area contributed by atoms with Gasteiger partial charge in [0.05, 0.1) is 0 Å². The maximum atomic E-state index is 15.2. The first kappa shape index (κ1) is 34.8. The lowest BCUT2D eigenvalue weighted by Gasteiger charge is -2.28. The van der Waals surface area contributed by atoms with Crippen molar-refractivity contribution in [1.82, 2.24) is 0 Å². The molecule has 0 aliphatic carbocycles. The van der Waals surface area contributed by atoms with E-state index in [0.29, 0.717) is 6.07 Å². The number of hydrogen-bond donors (Lipinski definition) is 0. The molecule has 0 aliphatic heterocycles. The molecule has 0 spiro atoms. The zero-order valence-corrected chi connectivity index (χ0v) is 26.7. The minimum Gasteiger partial charge on any atom is -0.488 e. The number of rotatable bonds is 13. The quantitative estimate of drug-likeness (QED) is 0.109. The molecule has 0 amide bonds. The van der Waals surface area contributed by atoms with Crippen LogP contribution in [0.1, 0.15) is 96.9 Å². The zero-order valence-electron chi connectivity index (χ0n) is 26.7. The van der Waals surface area contributed by atoms with Crippen LogP contribution in [0.3, 0.4) is 0 Å². The highest BCUT2D eigenvalue weighted by molar-refractivity contribution is 5.91. The van der Waals surface area contributed by atoms with Crippen LogP contribution in [0.4, 0.5) is 17.6 Å². The molecule has 0 saturated carbocycles. The lowest BCUT2D eigenvalue weighted by Crippen LogP contribution is -2.38. The van der Waals surface area contributed by atoms with Gasteiger partial charge in [-0.25, -0.2) is 4.79 Å². The maximum absolute atomic E-state index is 15.2. The molecule has 4 nitrogen and oxygen atoms in total. The summed E-state index contributed by atoms with van der Waals surface area (Å²) in [6.07, 6.45) is 2.06. The van der Waals surface area contributed by atoms with Crippen molar-refractivity contribution in [3.8, 4) is 11.5 Å². The van der Waals surface area contributed by atoms with Crippen LogP contribution in [0.2, 0.25) is 0 Å². The first-order valence-corrected chi connectivity index (χ1v) is 14.8. The van der Waals surface area contributed by atoms with Gasteiger partial charge in [-0.15, -0.1) is 0 Å². The van der Waals surface area contributed by atoms with E-state index in [4.69, 9.17) is 9.47 Å². The molecule has 0 heterocycles. The Morgan fingerprint density at radius 1 is 0.659 bits per heavy atom. The van der Waals surface area contributed by atoms with Crippen molar-refractivity contribution < 1.29 is 36.6 Å². The number of alkyl halides is 4. The van der Waals surface area contributed by atoms with Gasteiger partial charge in [0.15, 0.2) is 0 Å². The maximum Gasteiger partial charge on any atom is 0.387 e. The Labute approximate surface area is 257 Å². The molecule has 0 aliphatic rings. The van der Waals surface area contributed by atoms with Gasteiger partial charge in [0.2, 0.25) is 5.78 Å². The summed E-state index contributed by atoms with van der Waals surface area (Å²) in [7, 11) is 0. The van der Waals surface area contributed by atoms with Gasteiger partial charge in [-0.05, 0) is 68.1 Å². The van der Waals surface area contributed by atoms with Crippen molar-refractivity contribution in [3.63, 3.8) is 0 Å². The summed E-state index contributed by atoms with van der Waals surface area (Å²) in [6, 6.07) is 17.1. The summed E-state index contributed by atoms with van der Waals surface area (Å²) in [5.41, 5.74) is -2.20. The minimum absolute atomic E-state index is 0.127. The lowest BCUT2D eigenvalue weighted by molar-refractivity contribution is -0.163. The second-order valence-corrected chi connectivity index (χ2v) is 13.0. The van der Waals surface area contributed by atoms with Gasteiger partial charge >= 0.3 is 17.8 Å². The predicted octanol–water partition coefficient (Wildman–Crippen LogP) is 9.76. The summed E-state index contributed by atoms with van der Waals surface area (Å²) in [4.78, 5) is 25.1. The topological polar surface area (TPSA) is 52.6 Å². The molecule has 0 atom stereocenters. The summed E-state index contributed by atoms with van der Waals surface area (Å²) < 4.78 is 71.4. The fourth-order valence-electron chi connectivity index (χ4n) is 4.93. The van der Waals surface area contributed by atoms with Crippen LogP contribution >= 0.6 is 0 Å². The molecule has 3 aromatic rings. The van der Waals surface area contributed by atoms with E-state index in [1.807, 2.05) is 52.0 Å². The van der Waals surface area contributed by atoms with Gasteiger partial charge in [0.1, 0.15) is 17.1 Å². The number of ketones is 1. The van der Waals surface area contributed by atoms with E-state index in [-0.39, 0.29) is 17.8 Å². The van der Waals surface area contributed by atoms with Crippen LogP contribution in [-0.2, 0) is 26.8 Å². The summed E-state index contributed by atoms with van der Waals surface area (Å²) in [5, 5.41) is 0. The van der Waals surface area contributed by atoms with Crippen molar-refractivity contribution in [1.29, 1.82) is 0 Å². The molecule has 0 bridgehead atoms. The third-order valence-corrected chi connectivity index (χ3v) is 8.24. The van der Waals surface area contributed by atoms with E-state index in [1.54, 1.807) is 19.1 Å². The van der Waals surface area contributed by atoms with Gasteiger partial charge in [0.25, 0.3) is 0 Å². The smallest absolute Gasteiger partial charge is 0.387 e. The van der Waals surface area contributed by atoms with Crippen molar-refractivity contribution in [2.24, 2.45) is 5.41 Å². The Kier molecular flexibility index (Phi) is 10.1. The molecule has 0 unspecified atom stereocenters. The van der Waals surface area contributed by atoms with Crippen LogP contribution in [0.15, 0.2) is 72.8 Å². The van der Waals surface area contributed by atoms with Gasteiger partial charge in [-0.3, -0.25) is 4.79 Å². The molecule has 0 saturated heterocycles. The van der Waals surface area contributed by atoms with Crippen molar-refractivity contribution >= 4 is 11.8 Å². The van der Waals surface area contributed by atoms with E-state index < -0.39 is 45.6 Å². The number of esters is 1. The highest BCUT2D eigenvalue weighted by Gasteiger charge is 2.49. The minimum atomic E-state index is -4.25. The fourth-order valence-corrected chi connectivity index (χ4v) is 4.93. The Balaban J connectivity index is 1.76. The molecule has 0 aromatic heterocycles. The predicted molar refractivity (Wildman–Crippen MR) is 164 cm³/mol. The monoisotopic (exact) mass is 614 g/mol. The Bertz CT molecular complexity index is 1460. The second-order valence-electron chi connectivity index (χ2n) is 13.0. The average molecular weight is 615 g/mol. The molecule has 0 fully saturated rings. The third kappa shape index (κ3) is 7.51. The van der Waals surface area contributed by atoms with Gasteiger partial charge in [-0.2, -0.15) is 17.6 Å². The fraction of sp³-hybridized carbons (Fsp3) is 0.444. The van der Waals surface area contributed by atoms with Crippen LogP contribution < -0.4 is 9.47 Å². The van der Waals surface area contributed by atoms with E-state index in [9.17, 15) is 9.59 Å². The molecule has 0 N–H and O–H groups in total. The number of ether oxygens (including phenoxy) is 2. The van der Waals surface area contributed by atoms with Gasteiger partial charge in [-0.1, -0.05) is 90.4 Å². The van der Waals surface area contributed by atoms with Crippen molar-refractivity contribution in [3.05, 3.63) is 95.1 Å². The number of Topliss-reactive ketones (excluding diaryl/α,β-unsaturated/α-hetero) is 1. The first-order valence-electron chi connectivity index (χ1n) is 14.8. The molecule has 3 rings (SSSR count). The summed E-state index contributed by atoms with van der Waals surface area (Å²) >= 11 is 0. The zero-order chi connectivity index (χ0) is 33.1. The number of hydrogen-bond acceptors (Lipinski definition) is 4. The highest BCUT2D eigenvalue weighted by Crippen LogP contribution is 2.40. The average Bonchev–Trinajstić information content (AvgIpc) is 2.97. The molecular formula is C36H42F4O4. The Morgan fingerprint density at radius 3 is 1.61 bits per heavy atom. The Hall–Kier alpha value is -3.68. The standard InChI is InChI=1S/C36H42F4O4/c1-9-22-33(5,6)44-29-20-16-25(17-21-29)34(7,8)24-14-18-28(19-15-24)43-31(42)36(39,40)27-13-11-12-26(23-27)35(37,38)30(41)32(3,4)10-2/h11-21,23H,9-10,22H2,1-8H3. The molecule has 3 aromatic carbocycles.